The van der Waals surface area contributed by atoms with Crippen LogP contribution in [0.25, 0.3) is 0 Å². The smallest absolute Gasteiger partial charge is 0.408 e. The summed E-state index contributed by atoms with van der Waals surface area (Å²) in [6, 6.07) is 6.01. The van der Waals surface area contributed by atoms with Crippen LogP contribution in [0.5, 0.6) is 0 Å². The molecule has 0 aliphatic carbocycles. The molecule has 0 aliphatic heterocycles. The van der Waals surface area contributed by atoms with Gasteiger partial charge in [-0.3, -0.25) is 4.21 Å². The van der Waals surface area contributed by atoms with Crippen LogP contribution in [0, 0.1) is 0 Å². The second-order valence-corrected chi connectivity index (χ2v) is 9.16. The van der Waals surface area contributed by atoms with E-state index in [1.807, 2.05) is 0 Å². The number of rotatable bonds is 9. The molecule has 0 saturated carbocycles. The van der Waals surface area contributed by atoms with Crippen LogP contribution in [-0.4, -0.2) is 50.7 Å². The summed E-state index contributed by atoms with van der Waals surface area (Å²) in [6.45, 7) is 4.84. The Balaban J connectivity index is 2.61. The molecule has 1 aromatic rings. The van der Waals surface area contributed by atoms with Gasteiger partial charge in [0.05, 0.1) is 5.92 Å². The Hall–Kier alpha value is -2.10. The molecule has 0 aromatic heterocycles. The number of carbonyl (C=O) groups is 2. The lowest BCUT2D eigenvalue weighted by molar-refractivity contribution is -0.150. The monoisotopic (exact) mass is 437 g/mol. The van der Waals surface area contributed by atoms with Crippen molar-refractivity contribution in [3.8, 4) is 0 Å². The maximum Gasteiger partial charge on any atom is 0.408 e. The van der Waals surface area contributed by atoms with Crippen molar-refractivity contribution in [3.63, 3.8) is 0 Å². The summed E-state index contributed by atoms with van der Waals surface area (Å²) < 4.78 is 57.1. The number of ether oxygens (including phenoxy) is 1. The van der Waals surface area contributed by atoms with E-state index in [0.29, 0.717) is 0 Å². The highest BCUT2D eigenvalue weighted by molar-refractivity contribution is 7.84. The molecule has 1 amide bonds. The van der Waals surface area contributed by atoms with E-state index >= 15 is 0 Å². The van der Waals surface area contributed by atoms with Gasteiger partial charge in [-0.15, -0.1) is 0 Å². The number of carbonyl (C=O) groups excluding carboxylic acids is 1. The van der Waals surface area contributed by atoms with Crippen LogP contribution < -0.4 is 5.32 Å². The van der Waals surface area contributed by atoms with E-state index in [0.717, 1.165) is 0 Å². The van der Waals surface area contributed by atoms with Gasteiger partial charge >= 0.3 is 18.2 Å². The minimum Gasteiger partial charge on any atom is -0.480 e. The molecule has 2 N–H and O–H groups in total. The molecule has 6 nitrogen and oxygen atoms in total. The van der Waals surface area contributed by atoms with Crippen molar-refractivity contribution < 1.29 is 36.8 Å². The molecule has 10 heteroatoms. The summed E-state index contributed by atoms with van der Waals surface area (Å²) in [7, 11) is -1.68. The lowest BCUT2D eigenvalue weighted by Crippen LogP contribution is -2.44. The Kier molecular flexibility index (Phi) is 9.13. The summed E-state index contributed by atoms with van der Waals surface area (Å²) in [6.07, 6.45) is -5.98. The average molecular weight is 437 g/mol. The second-order valence-electron chi connectivity index (χ2n) is 7.47. The molecule has 0 bridgehead atoms. The zero-order valence-electron chi connectivity index (χ0n) is 16.5. The van der Waals surface area contributed by atoms with Crippen LogP contribution in [0.4, 0.5) is 18.0 Å². The minimum absolute atomic E-state index is 0.0898. The zero-order chi connectivity index (χ0) is 22.2. The fraction of sp³-hybridized carbons (Fsp3) is 0.579. The summed E-state index contributed by atoms with van der Waals surface area (Å²) >= 11 is 0. The molecule has 3 atom stereocenters. The number of alkyl carbamates (subject to hydrolysis) is 1. The molecule has 0 heterocycles. The Labute approximate surface area is 170 Å². The Morgan fingerprint density at radius 2 is 1.66 bits per heavy atom. The maximum atomic E-state index is 13.3. The van der Waals surface area contributed by atoms with Gasteiger partial charge in [-0.1, -0.05) is 30.3 Å². The molecular weight excluding hydrogens is 411 g/mol. The van der Waals surface area contributed by atoms with E-state index in [2.05, 4.69) is 5.32 Å². The Morgan fingerprint density at radius 1 is 1.10 bits per heavy atom. The number of halogens is 3. The highest BCUT2D eigenvalue weighted by Gasteiger charge is 2.40. The molecular formula is C19H26F3NO5S. The lowest BCUT2D eigenvalue weighted by atomic mass is 9.96. The van der Waals surface area contributed by atoms with Crippen molar-refractivity contribution in [3.05, 3.63) is 35.9 Å². The number of benzene rings is 1. The first kappa shape index (κ1) is 24.9. The van der Waals surface area contributed by atoms with Gasteiger partial charge in [0.15, 0.2) is 0 Å². The van der Waals surface area contributed by atoms with Gasteiger partial charge in [-0.05, 0) is 39.2 Å². The molecule has 0 saturated heterocycles. The van der Waals surface area contributed by atoms with Crippen molar-refractivity contribution in [2.24, 2.45) is 0 Å². The van der Waals surface area contributed by atoms with Crippen molar-refractivity contribution in [2.75, 3.05) is 11.5 Å². The fourth-order valence-electron chi connectivity index (χ4n) is 2.51. The van der Waals surface area contributed by atoms with Crippen LogP contribution in [-0.2, 0) is 20.3 Å². The van der Waals surface area contributed by atoms with Crippen molar-refractivity contribution in [2.45, 2.75) is 57.3 Å². The van der Waals surface area contributed by atoms with E-state index in [-0.39, 0.29) is 29.9 Å². The maximum absolute atomic E-state index is 13.3. The third-order valence-corrected chi connectivity index (χ3v) is 5.24. The summed E-state index contributed by atoms with van der Waals surface area (Å²) in [5.41, 5.74) is -0.730. The SMILES string of the molecule is CC(C)(C)OC(=O)NC(CCS(=O)CCC(c1ccccc1)C(F)(F)F)C(=O)O. The molecule has 0 fully saturated rings. The summed E-state index contributed by atoms with van der Waals surface area (Å²) in [5.74, 6) is -3.49. The van der Waals surface area contributed by atoms with Gasteiger partial charge in [-0.2, -0.15) is 13.2 Å². The number of nitrogens with one attached hydrogen (secondary N) is 1. The van der Waals surface area contributed by atoms with Gasteiger partial charge in [0, 0.05) is 22.3 Å². The van der Waals surface area contributed by atoms with Crippen LogP contribution >= 0.6 is 0 Å². The van der Waals surface area contributed by atoms with Crippen LogP contribution in [0.1, 0.15) is 45.1 Å². The number of hydrogen-bond donors (Lipinski definition) is 2. The standard InChI is InChI=1S/C19H26F3NO5S/c1-18(2,3)28-17(26)23-15(16(24)25)10-12-29(27)11-9-14(19(20,21)22)13-7-5-4-6-8-13/h4-8,14-15H,9-12H2,1-3H3,(H,23,26)(H,24,25). The third kappa shape index (κ3) is 9.78. The molecule has 1 aromatic carbocycles. The topological polar surface area (TPSA) is 92.7 Å². The highest BCUT2D eigenvalue weighted by atomic mass is 32.2. The number of hydrogen-bond acceptors (Lipinski definition) is 4. The summed E-state index contributed by atoms with van der Waals surface area (Å²) in [4.78, 5) is 23.0. The number of alkyl halides is 3. The van der Waals surface area contributed by atoms with Gasteiger partial charge in [0.25, 0.3) is 0 Å². The van der Waals surface area contributed by atoms with E-state index < -0.39 is 46.6 Å². The number of carboxylic acid groups (broad SMARTS) is 1. The predicted molar refractivity (Wildman–Crippen MR) is 103 cm³/mol. The largest absolute Gasteiger partial charge is 0.480 e. The number of amides is 1. The number of aliphatic carboxylic acids is 1. The van der Waals surface area contributed by atoms with Gasteiger partial charge < -0.3 is 15.2 Å². The van der Waals surface area contributed by atoms with Crippen molar-refractivity contribution in [1.82, 2.24) is 5.32 Å². The lowest BCUT2D eigenvalue weighted by Gasteiger charge is -2.22. The fourth-order valence-corrected chi connectivity index (χ4v) is 3.71. The van der Waals surface area contributed by atoms with E-state index in [1.54, 1.807) is 26.8 Å². The molecule has 3 unspecified atom stereocenters. The zero-order valence-corrected chi connectivity index (χ0v) is 17.3. The number of carboxylic acids is 1. The molecule has 164 valence electrons. The first-order chi connectivity index (χ1) is 13.3. The van der Waals surface area contributed by atoms with Crippen molar-refractivity contribution in [1.29, 1.82) is 0 Å². The normalized spacial score (nSPS) is 15.2. The second kappa shape index (κ2) is 10.6. The molecule has 29 heavy (non-hydrogen) atoms. The van der Waals surface area contributed by atoms with Crippen LogP contribution in [0.2, 0.25) is 0 Å². The Bertz CT molecular complexity index is 704. The summed E-state index contributed by atoms with van der Waals surface area (Å²) in [5, 5.41) is 11.4. The quantitative estimate of drug-likeness (QED) is 0.612. The van der Waals surface area contributed by atoms with E-state index in [4.69, 9.17) is 4.74 Å². The third-order valence-electron chi connectivity index (χ3n) is 3.85. The molecule has 0 radical (unpaired) electrons. The van der Waals surface area contributed by atoms with E-state index in [9.17, 15) is 32.1 Å². The average Bonchev–Trinajstić information content (AvgIpc) is 2.56. The first-order valence-corrected chi connectivity index (χ1v) is 10.5. The van der Waals surface area contributed by atoms with Gasteiger partial charge in [0.2, 0.25) is 0 Å². The van der Waals surface area contributed by atoms with Gasteiger partial charge in [0.1, 0.15) is 11.6 Å². The molecule has 1 rings (SSSR count). The minimum atomic E-state index is -4.48. The highest BCUT2D eigenvalue weighted by Crippen LogP contribution is 2.37. The predicted octanol–water partition coefficient (Wildman–Crippen LogP) is 3.84. The van der Waals surface area contributed by atoms with Gasteiger partial charge in [-0.25, -0.2) is 9.59 Å². The molecule has 0 spiro atoms. The van der Waals surface area contributed by atoms with Crippen LogP contribution in [0.3, 0.4) is 0 Å². The first-order valence-electron chi connectivity index (χ1n) is 8.98. The molecule has 0 aliphatic rings. The van der Waals surface area contributed by atoms with E-state index in [1.165, 1.54) is 24.3 Å². The van der Waals surface area contributed by atoms with Crippen LogP contribution in [0.15, 0.2) is 30.3 Å². The Morgan fingerprint density at radius 3 is 2.14 bits per heavy atom. The van der Waals surface area contributed by atoms with Crippen molar-refractivity contribution >= 4 is 22.9 Å².